The summed E-state index contributed by atoms with van der Waals surface area (Å²) in [6, 6.07) is 4.64. The molecule has 6 heteroatoms. The lowest BCUT2D eigenvalue weighted by molar-refractivity contribution is 0.102. The maximum atomic E-state index is 11.8. The molecule has 0 unspecified atom stereocenters. The van der Waals surface area contributed by atoms with Crippen molar-refractivity contribution in [1.29, 1.82) is 0 Å². The van der Waals surface area contributed by atoms with Gasteiger partial charge in [-0.25, -0.2) is 4.98 Å². The molecule has 3 N–H and O–H groups in total. The topological polar surface area (TPSA) is 80.9 Å². The first kappa shape index (κ1) is 11.3. The number of rotatable bonds is 2. The Labute approximate surface area is 103 Å². The molecule has 1 heterocycles. The summed E-state index contributed by atoms with van der Waals surface area (Å²) < 4.78 is 0. The maximum Gasteiger partial charge on any atom is 0.256 e. The van der Waals surface area contributed by atoms with E-state index in [2.05, 4.69) is 15.3 Å². The van der Waals surface area contributed by atoms with Crippen molar-refractivity contribution < 1.29 is 4.79 Å². The molecule has 0 saturated carbocycles. The zero-order valence-electron chi connectivity index (χ0n) is 8.72. The van der Waals surface area contributed by atoms with Gasteiger partial charge in [0.1, 0.15) is 0 Å². The fraction of sp³-hybridized carbons (Fsp3) is 0. The van der Waals surface area contributed by atoms with Crippen LogP contribution in [0.15, 0.2) is 36.8 Å². The summed E-state index contributed by atoms with van der Waals surface area (Å²) in [6.45, 7) is 0. The number of nitrogens with zero attached hydrogens (tertiary/aromatic N) is 2. The van der Waals surface area contributed by atoms with Crippen LogP contribution in [0, 0.1) is 0 Å². The number of hydrogen-bond acceptors (Lipinski definition) is 4. The molecule has 0 aliphatic rings. The highest BCUT2D eigenvalue weighted by molar-refractivity contribution is 6.31. The molecular weight excluding hydrogens is 240 g/mol. The number of nitrogens with one attached hydrogen (secondary N) is 1. The van der Waals surface area contributed by atoms with Crippen LogP contribution in [-0.2, 0) is 0 Å². The lowest BCUT2D eigenvalue weighted by atomic mass is 10.2. The van der Waals surface area contributed by atoms with Crippen molar-refractivity contribution in [2.24, 2.45) is 0 Å². The van der Waals surface area contributed by atoms with Gasteiger partial charge < -0.3 is 11.1 Å². The molecule has 0 bridgehead atoms. The molecule has 86 valence electrons. The molecule has 17 heavy (non-hydrogen) atoms. The SMILES string of the molecule is Nc1cc(Cl)cc(C(=O)Nc2cnccn2)c1. The van der Waals surface area contributed by atoms with Crippen molar-refractivity contribution in [3.63, 3.8) is 0 Å². The van der Waals surface area contributed by atoms with Gasteiger partial charge in [0, 0.05) is 28.7 Å². The van der Waals surface area contributed by atoms with Gasteiger partial charge in [-0.1, -0.05) is 11.6 Å². The number of anilines is 2. The number of halogens is 1. The van der Waals surface area contributed by atoms with Crippen molar-refractivity contribution in [3.8, 4) is 0 Å². The molecule has 0 aliphatic carbocycles. The average Bonchev–Trinajstić information content (AvgIpc) is 2.29. The van der Waals surface area contributed by atoms with Crippen LogP contribution in [-0.4, -0.2) is 15.9 Å². The predicted molar refractivity (Wildman–Crippen MR) is 65.8 cm³/mol. The second-order valence-electron chi connectivity index (χ2n) is 3.32. The van der Waals surface area contributed by atoms with Gasteiger partial charge in [-0.2, -0.15) is 0 Å². The largest absolute Gasteiger partial charge is 0.399 e. The molecule has 1 amide bonds. The van der Waals surface area contributed by atoms with E-state index in [4.69, 9.17) is 17.3 Å². The van der Waals surface area contributed by atoms with E-state index in [-0.39, 0.29) is 5.91 Å². The zero-order chi connectivity index (χ0) is 12.3. The number of carbonyl (C=O) groups excluding carboxylic acids is 1. The lowest BCUT2D eigenvalue weighted by Crippen LogP contribution is -2.13. The Kier molecular flexibility index (Phi) is 3.20. The fourth-order valence-corrected chi connectivity index (χ4v) is 1.54. The van der Waals surface area contributed by atoms with E-state index in [1.165, 1.54) is 30.7 Å². The van der Waals surface area contributed by atoms with E-state index in [9.17, 15) is 4.79 Å². The number of carbonyl (C=O) groups is 1. The molecule has 0 radical (unpaired) electrons. The highest BCUT2D eigenvalue weighted by atomic mass is 35.5. The van der Waals surface area contributed by atoms with Crippen molar-refractivity contribution in [3.05, 3.63) is 47.4 Å². The third kappa shape index (κ3) is 2.92. The molecule has 1 aromatic heterocycles. The highest BCUT2D eigenvalue weighted by Crippen LogP contribution is 2.17. The Morgan fingerprint density at radius 1 is 1.29 bits per heavy atom. The molecule has 0 saturated heterocycles. The Morgan fingerprint density at radius 2 is 2.12 bits per heavy atom. The van der Waals surface area contributed by atoms with E-state index in [0.29, 0.717) is 22.1 Å². The van der Waals surface area contributed by atoms with Gasteiger partial charge in [0.25, 0.3) is 5.91 Å². The molecule has 0 atom stereocenters. The van der Waals surface area contributed by atoms with Gasteiger partial charge in [0.05, 0.1) is 6.20 Å². The highest BCUT2D eigenvalue weighted by Gasteiger charge is 2.08. The van der Waals surface area contributed by atoms with Crippen LogP contribution in [0.3, 0.4) is 0 Å². The Bertz CT molecular complexity index is 524. The zero-order valence-corrected chi connectivity index (χ0v) is 9.48. The van der Waals surface area contributed by atoms with E-state index in [0.717, 1.165) is 0 Å². The van der Waals surface area contributed by atoms with Crippen LogP contribution in [0.1, 0.15) is 10.4 Å². The van der Waals surface area contributed by atoms with Crippen molar-refractivity contribution in [2.45, 2.75) is 0 Å². The number of benzene rings is 1. The van der Waals surface area contributed by atoms with E-state index in [1.54, 1.807) is 6.07 Å². The molecule has 0 spiro atoms. The van der Waals surface area contributed by atoms with Gasteiger partial charge in [0.2, 0.25) is 0 Å². The van der Waals surface area contributed by atoms with Gasteiger partial charge in [-0.05, 0) is 18.2 Å². The van der Waals surface area contributed by atoms with Crippen molar-refractivity contribution in [1.82, 2.24) is 9.97 Å². The predicted octanol–water partition coefficient (Wildman–Crippen LogP) is 1.96. The minimum Gasteiger partial charge on any atom is -0.399 e. The maximum absolute atomic E-state index is 11.8. The molecule has 0 fully saturated rings. The van der Waals surface area contributed by atoms with E-state index in [1.807, 2.05) is 0 Å². The second kappa shape index (κ2) is 4.80. The normalized spacial score (nSPS) is 9.94. The van der Waals surface area contributed by atoms with Crippen LogP contribution < -0.4 is 11.1 Å². The van der Waals surface area contributed by atoms with Crippen LogP contribution in [0.25, 0.3) is 0 Å². The number of hydrogen-bond donors (Lipinski definition) is 2. The van der Waals surface area contributed by atoms with Crippen LogP contribution in [0.2, 0.25) is 5.02 Å². The molecule has 2 aromatic rings. The van der Waals surface area contributed by atoms with Crippen LogP contribution >= 0.6 is 11.6 Å². The molecular formula is C11H9ClN4O. The molecule has 0 aliphatic heterocycles. The smallest absolute Gasteiger partial charge is 0.256 e. The minimum absolute atomic E-state index is 0.334. The number of aromatic nitrogens is 2. The van der Waals surface area contributed by atoms with E-state index < -0.39 is 0 Å². The van der Waals surface area contributed by atoms with E-state index >= 15 is 0 Å². The molecule has 1 aromatic carbocycles. The standard InChI is InChI=1S/C11H9ClN4O/c12-8-3-7(4-9(13)5-8)11(17)16-10-6-14-1-2-15-10/h1-6H,13H2,(H,15,16,17). The number of nitrogen functional groups attached to an aromatic ring is 1. The van der Waals surface area contributed by atoms with Gasteiger partial charge in [-0.15, -0.1) is 0 Å². The third-order valence-corrected chi connectivity index (χ3v) is 2.21. The Hall–Kier alpha value is -2.14. The van der Waals surface area contributed by atoms with Gasteiger partial charge in [-0.3, -0.25) is 9.78 Å². The number of nitrogens with two attached hydrogens (primary N) is 1. The quantitative estimate of drug-likeness (QED) is 0.796. The first-order valence-electron chi connectivity index (χ1n) is 4.78. The summed E-state index contributed by atoms with van der Waals surface area (Å²) in [5, 5.41) is 3.00. The van der Waals surface area contributed by atoms with Gasteiger partial charge in [0.15, 0.2) is 5.82 Å². The minimum atomic E-state index is -0.334. The summed E-state index contributed by atoms with van der Waals surface area (Å²) in [5.41, 5.74) is 6.41. The monoisotopic (exact) mass is 248 g/mol. The fourth-order valence-electron chi connectivity index (χ4n) is 1.30. The summed E-state index contributed by atoms with van der Waals surface area (Å²) in [7, 11) is 0. The third-order valence-electron chi connectivity index (χ3n) is 1.99. The second-order valence-corrected chi connectivity index (χ2v) is 3.75. The Morgan fingerprint density at radius 3 is 2.76 bits per heavy atom. The summed E-state index contributed by atoms with van der Waals surface area (Å²) in [6.07, 6.45) is 4.46. The Balaban J connectivity index is 2.20. The first-order valence-corrected chi connectivity index (χ1v) is 5.16. The first-order chi connectivity index (χ1) is 8.15. The molecule has 2 rings (SSSR count). The summed E-state index contributed by atoms with van der Waals surface area (Å²) in [4.78, 5) is 19.6. The van der Waals surface area contributed by atoms with Crippen LogP contribution in [0.5, 0.6) is 0 Å². The van der Waals surface area contributed by atoms with Gasteiger partial charge >= 0.3 is 0 Å². The summed E-state index contributed by atoms with van der Waals surface area (Å²) in [5.74, 6) is 0.0377. The van der Waals surface area contributed by atoms with Crippen molar-refractivity contribution >= 4 is 29.0 Å². The van der Waals surface area contributed by atoms with Crippen LogP contribution in [0.4, 0.5) is 11.5 Å². The summed E-state index contributed by atoms with van der Waals surface area (Å²) >= 11 is 5.81. The number of amides is 1. The van der Waals surface area contributed by atoms with Crippen molar-refractivity contribution in [2.75, 3.05) is 11.1 Å². The average molecular weight is 249 g/mol. The lowest BCUT2D eigenvalue weighted by Gasteiger charge is -2.05. The molecule has 5 nitrogen and oxygen atoms in total.